The first-order valence-electron chi connectivity index (χ1n) is 6.20. The van der Waals surface area contributed by atoms with Gasteiger partial charge in [-0.15, -0.1) is 0 Å². The molecule has 0 N–H and O–H groups in total. The molecule has 2 bridgehead atoms. The van der Waals surface area contributed by atoms with Gasteiger partial charge in [-0.25, -0.2) is 0 Å². The average molecular weight is 206 g/mol. The van der Waals surface area contributed by atoms with Gasteiger partial charge >= 0.3 is 0 Å². The maximum atomic E-state index is 11.8. The third kappa shape index (κ3) is 1.56. The second kappa shape index (κ2) is 3.47. The zero-order valence-electron chi connectivity index (χ0n) is 10.3. The minimum absolute atomic E-state index is 0.344. The Morgan fingerprint density at radius 3 is 2.67 bits per heavy atom. The number of Topliss-reactive ketones (excluding diaryl/α,β-unsaturated/α-hetero) is 1. The summed E-state index contributed by atoms with van der Waals surface area (Å²) in [6, 6.07) is 0. The van der Waals surface area contributed by atoms with Gasteiger partial charge < -0.3 is 0 Å². The number of rotatable bonds is 2. The molecule has 1 heteroatoms. The van der Waals surface area contributed by atoms with Crippen molar-refractivity contribution in [2.75, 3.05) is 0 Å². The summed E-state index contributed by atoms with van der Waals surface area (Å²) in [7, 11) is 0. The molecule has 0 amide bonds. The molecule has 2 aliphatic carbocycles. The number of ketones is 1. The maximum Gasteiger partial charge on any atom is 0.161 e. The topological polar surface area (TPSA) is 17.1 Å². The molecular formula is C14H22O. The molecule has 0 heterocycles. The summed E-state index contributed by atoms with van der Waals surface area (Å²) in [4.78, 5) is 11.8. The highest BCUT2D eigenvalue weighted by atomic mass is 16.1. The fourth-order valence-electron chi connectivity index (χ4n) is 3.49. The van der Waals surface area contributed by atoms with Gasteiger partial charge in [0.2, 0.25) is 0 Å². The molecule has 0 aromatic heterocycles. The van der Waals surface area contributed by atoms with Gasteiger partial charge in [0, 0.05) is 5.92 Å². The van der Waals surface area contributed by atoms with Crippen LogP contribution in [0.5, 0.6) is 0 Å². The predicted octanol–water partition coefficient (Wildman–Crippen LogP) is 3.59. The summed E-state index contributed by atoms with van der Waals surface area (Å²) in [5.74, 6) is 2.17. The SMILES string of the molecule is CC1=C[C@@]2(C(C)C(C)C)CC[C@H](C2)C1=O. The summed E-state index contributed by atoms with van der Waals surface area (Å²) in [6.45, 7) is 8.95. The lowest BCUT2D eigenvalue weighted by Gasteiger charge is -2.38. The van der Waals surface area contributed by atoms with Crippen molar-refractivity contribution in [3.8, 4) is 0 Å². The van der Waals surface area contributed by atoms with E-state index >= 15 is 0 Å². The first-order valence-corrected chi connectivity index (χ1v) is 6.20. The zero-order valence-corrected chi connectivity index (χ0v) is 10.3. The normalized spacial score (nSPS) is 37.0. The van der Waals surface area contributed by atoms with Crippen molar-refractivity contribution in [2.24, 2.45) is 23.2 Å². The van der Waals surface area contributed by atoms with Crippen LogP contribution in [0.1, 0.15) is 47.0 Å². The Balaban J connectivity index is 2.34. The lowest BCUT2D eigenvalue weighted by atomic mass is 9.66. The summed E-state index contributed by atoms with van der Waals surface area (Å²) in [5, 5.41) is 0. The van der Waals surface area contributed by atoms with Gasteiger partial charge in [0.15, 0.2) is 5.78 Å². The summed E-state index contributed by atoms with van der Waals surface area (Å²) in [6.07, 6.45) is 5.75. The van der Waals surface area contributed by atoms with Crippen LogP contribution in [0.2, 0.25) is 0 Å². The highest BCUT2D eigenvalue weighted by molar-refractivity contribution is 5.98. The highest BCUT2D eigenvalue weighted by Crippen LogP contribution is 2.54. The van der Waals surface area contributed by atoms with Crippen molar-refractivity contribution in [1.82, 2.24) is 0 Å². The number of fused-ring (bicyclic) bond motifs is 2. The first kappa shape index (κ1) is 10.9. The third-order valence-electron chi connectivity index (χ3n) is 4.75. The lowest BCUT2D eigenvalue weighted by Crippen LogP contribution is -2.32. The Morgan fingerprint density at radius 2 is 2.07 bits per heavy atom. The van der Waals surface area contributed by atoms with Gasteiger partial charge in [-0.1, -0.05) is 26.8 Å². The van der Waals surface area contributed by atoms with Gasteiger partial charge in [-0.05, 0) is 49.0 Å². The van der Waals surface area contributed by atoms with Crippen molar-refractivity contribution < 1.29 is 4.79 Å². The van der Waals surface area contributed by atoms with E-state index in [1.54, 1.807) is 0 Å². The molecule has 0 aliphatic heterocycles. The van der Waals surface area contributed by atoms with Gasteiger partial charge in [-0.3, -0.25) is 4.79 Å². The van der Waals surface area contributed by atoms with Gasteiger partial charge in [-0.2, -0.15) is 0 Å². The Kier molecular flexibility index (Phi) is 2.52. The number of hydrogen-bond acceptors (Lipinski definition) is 1. The zero-order chi connectivity index (χ0) is 11.2. The Bertz CT molecular complexity index is 313. The largest absolute Gasteiger partial charge is 0.294 e. The average Bonchev–Trinajstić information content (AvgIpc) is 2.55. The smallest absolute Gasteiger partial charge is 0.161 e. The van der Waals surface area contributed by atoms with E-state index in [2.05, 4.69) is 26.8 Å². The molecule has 0 aromatic rings. The van der Waals surface area contributed by atoms with Crippen LogP contribution in [0, 0.1) is 23.2 Å². The quantitative estimate of drug-likeness (QED) is 0.674. The van der Waals surface area contributed by atoms with Crippen molar-refractivity contribution in [2.45, 2.75) is 47.0 Å². The summed E-state index contributed by atoms with van der Waals surface area (Å²) in [5.41, 5.74) is 1.37. The molecule has 1 nitrogen and oxygen atoms in total. The van der Waals surface area contributed by atoms with Crippen LogP contribution in [-0.4, -0.2) is 5.78 Å². The van der Waals surface area contributed by atoms with E-state index in [1.165, 1.54) is 6.42 Å². The molecular weight excluding hydrogens is 184 g/mol. The third-order valence-corrected chi connectivity index (χ3v) is 4.75. The number of hydrogen-bond donors (Lipinski definition) is 0. The van der Waals surface area contributed by atoms with Crippen molar-refractivity contribution in [1.29, 1.82) is 0 Å². The molecule has 0 spiro atoms. The first-order chi connectivity index (χ1) is 6.96. The minimum Gasteiger partial charge on any atom is -0.294 e. The van der Waals surface area contributed by atoms with Gasteiger partial charge in [0.1, 0.15) is 0 Å². The van der Waals surface area contributed by atoms with Crippen LogP contribution in [0.25, 0.3) is 0 Å². The predicted molar refractivity (Wildman–Crippen MR) is 62.5 cm³/mol. The van der Waals surface area contributed by atoms with Gasteiger partial charge in [0.05, 0.1) is 0 Å². The van der Waals surface area contributed by atoms with Crippen LogP contribution in [0.15, 0.2) is 11.6 Å². The molecule has 0 radical (unpaired) electrons. The van der Waals surface area contributed by atoms with E-state index in [0.717, 1.165) is 18.4 Å². The minimum atomic E-state index is 0.344. The monoisotopic (exact) mass is 206 g/mol. The number of carbonyl (C=O) groups is 1. The van der Waals surface area contributed by atoms with Crippen LogP contribution in [0.3, 0.4) is 0 Å². The van der Waals surface area contributed by atoms with E-state index in [-0.39, 0.29) is 0 Å². The van der Waals surface area contributed by atoms with E-state index in [9.17, 15) is 4.79 Å². The fourth-order valence-corrected chi connectivity index (χ4v) is 3.49. The van der Waals surface area contributed by atoms with E-state index in [0.29, 0.717) is 29.0 Å². The number of allylic oxidation sites excluding steroid dienone is 2. The Hall–Kier alpha value is -0.590. The molecule has 3 atom stereocenters. The molecule has 2 rings (SSSR count). The molecule has 15 heavy (non-hydrogen) atoms. The molecule has 84 valence electrons. The van der Waals surface area contributed by atoms with Crippen molar-refractivity contribution >= 4 is 5.78 Å². The van der Waals surface area contributed by atoms with Crippen LogP contribution < -0.4 is 0 Å². The molecule has 1 fully saturated rings. The van der Waals surface area contributed by atoms with Crippen LogP contribution in [-0.2, 0) is 4.79 Å². The highest BCUT2D eigenvalue weighted by Gasteiger charge is 2.47. The molecule has 1 unspecified atom stereocenters. The standard InChI is InChI=1S/C14H22O/c1-9(2)11(4)14-6-5-12(8-14)13(15)10(3)7-14/h7,9,11-12H,5-6,8H2,1-4H3/t11?,12-,14+/m1/s1. The second-order valence-corrected chi connectivity index (χ2v) is 5.90. The van der Waals surface area contributed by atoms with E-state index in [4.69, 9.17) is 0 Å². The summed E-state index contributed by atoms with van der Waals surface area (Å²) < 4.78 is 0. The molecule has 0 saturated heterocycles. The van der Waals surface area contributed by atoms with Gasteiger partial charge in [0.25, 0.3) is 0 Å². The van der Waals surface area contributed by atoms with Crippen LogP contribution in [0.4, 0.5) is 0 Å². The van der Waals surface area contributed by atoms with E-state index < -0.39 is 0 Å². The maximum absolute atomic E-state index is 11.8. The fraction of sp³-hybridized carbons (Fsp3) is 0.786. The van der Waals surface area contributed by atoms with Crippen molar-refractivity contribution in [3.63, 3.8) is 0 Å². The van der Waals surface area contributed by atoms with E-state index in [1.807, 2.05) is 6.92 Å². The number of carbonyl (C=O) groups excluding carboxylic acids is 1. The van der Waals surface area contributed by atoms with Crippen molar-refractivity contribution in [3.05, 3.63) is 11.6 Å². The molecule has 2 aliphatic rings. The van der Waals surface area contributed by atoms with Crippen LogP contribution >= 0.6 is 0 Å². The molecule has 0 aromatic carbocycles. The summed E-state index contributed by atoms with van der Waals surface area (Å²) >= 11 is 0. The lowest BCUT2D eigenvalue weighted by molar-refractivity contribution is -0.119. The Morgan fingerprint density at radius 1 is 1.40 bits per heavy atom. The Labute approximate surface area is 92.9 Å². The molecule has 1 saturated carbocycles. The second-order valence-electron chi connectivity index (χ2n) is 5.90.